The molecule has 0 saturated heterocycles. The molecule has 0 radical (unpaired) electrons. The lowest BCUT2D eigenvalue weighted by molar-refractivity contribution is -0.129. The van der Waals surface area contributed by atoms with E-state index in [0.29, 0.717) is 18.6 Å². The molecule has 16 heavy (non-hydrogen) atoms. The quantitative estimate of drug-likeness (QED) is 0.718. The number of hydrogen-bond acceptors (Lipinski definition) is 4. The highest BCUT2D eigenvalue weighted by Crippen LogP contribution is 2.11. The van der Waals surface area contributed by atoms with Crippen molar-refractivity contribution in [1.29, 1.82) is 0 Å². The maximum absolute atomic E-state index is 10.00. The Morgan fingerprint density at radius 1 is 1.31 bits per heavy atom. The molecule has 0 aliphatic heterocycles. The van der Waals surface area contributed by atoms with E-state index in [9.17, 15) is 4.79 Å². The standard InChI is InChI=1S/C12H11NO3/c14-9-15-8-11-7-12(16-13-11)6-10-4-2-1-3-5-10/h1-5,7,9H,6,8H2. The Kier molecular flexibility index (Phi) is 3.33. The van der Waals surface area contributed by atoms with Gasteiger partial charge in [-0.15, -0.1) is 0 Å². The van der Waals surface area contributed by atoms with Crippen LogP contribution in [-0.2, 0) is 22.6 Å². The number of nitrogens with zero attached hydrogens (tertiary/aromatic N) is 1. The highest BCUT2D eigenvalue weighted by atomic mass is 16.5. The van der Waals surface area contributed by atoms with Crippen LogP contribution in [-0.4, -0.2) is 11.6 Å². The van der Waals surface area contributed by atoms with Crippen molar-refractivity contribution in [3.63, 3.8) is 0 Å². The first kappa shape index (κ1) is 10.4. The minimum atomic E-state index is 0.155. The summed E-state index contributed by atoms with van der Waals surface area (Å²) in [7, 11) is 0. The van der Waals surface area contributed by atoms with Gasteiger partial charge in [0.15, 0.2) is 0 Å². The van der Waals surface area contributed by atoms with Crippen LogP contribution in [0.3, 0.4) is 0 Å². The maximum Gasteiger partial charge on any atom is 0.293 e. The first-order chi connectivity index (χ1) is 7.88. The molecule has 4 heteroatoms. The van der Waals surface area contributed by atoms with Crippen molar-refractivity contribution >= 4 is 6.47 Å². The third-order valence-electron chi connectivity index (χ3n) is 2.13. The number of carbonyl (C=O) groups is 1. The first-order valence-corrected chi connectivity index (χ1v) is 4.92. The molecule has 0 atom stereocenters. The molecule has 0 N–H and O–H groups in total. The van der Waals surface area contributed by atoms with Gasteiger partial charge in [0.2, 0.25) is 0 Å². The van der Waals surface area contributed by atoms with Crippen LogP contribution in [0.2, 0.25) is 0 Å². The molecule has 0 aliphatic carbocycles. The zero-order valence-electron chi connectivity index (χ0n) is 8.63. The number of hydrogen-bond donors (Lipinski definition) is 0. The van der Waals surface area contributed by atoms with E-state index in [2.05, 4.69) is 9.89 Å². The number of ether oxygens (including phenoxy) is 1. The van der Waals surface area contributed by atoms with Crippen molar-refractivity contribution in [3.8, 4) is 0 Å². The lowest BCUT2D eigenvalue weighted by atomic mass is 10.1. The van der Waals surface area contributed by atoms with Gasteiger partial charge in [-0.25, -0.2) is 0 Å². The second kappa shape index (κ2) is 5.11. The van der Waals surface area contributed by atoms with E-state index in [1.54, 1.807) is 6.07 Å². The minimum absolute atomic E-state index is 0.155. The first-order valence-electron chi connectivity index (χ1n) is 4.92. The van der Waals surface area contributed by atoms with Gasteiger partial charge >= 0.3 is 0 Å². The molecule has 1 heterocycles. The van der Waals surface area contributed by atoms with Crippen LogP contribution in [0.15, 0.2) is 40.9 Å². The summed E-state index contributed by atoms with van der Waals surface area (Å²) >= 11 is 0. The molecule has 0 unspecified atom stereocenters. The molecule has 0 aliphatic rings. The normalized spacial score (nSPS) is 10.0. The van der Waals surface area contributed by atoms with Crippen molar-refractivity contribution in [2.24, 2.45) is 0 Å². The fourth-order valence-corrected chi connectivity index (χ4v) is 1.42. The Morgan fingerprint density at radius 3 is 2.88 bits per heavy atom. The largest absolute Gasteiger partial charge is 0.461 e. The summed E-state index contributed by atoms with van der Waals surface area (Å²) in [5.41, 5.74) is 1.78. The van der Waals surface area contributed by atoms with E-state index in [4.69, 9.17) is 4.52 Å². The monoisotopic (exact) mass is 217 g/mol. The molecule has 1 aromatic carbocycles. The Bertz CT molecular complexity index is 450. The fourth-order valence-electron chi connectivity index (χ4n) is 1.42. The molecule has 0 saturated carbocycles. The van der Waals surface area contributed by atoms with Crippen molar-refractivity contribution < 1.29 is 14.1 Å². The average molecular weight is 217 g/mol. The second-order valence-corrected chi connectivity index (χ2v) is 3.35. The zero-order valence-corrected chi connectivity index (χ0v) is 8.63. The average Bonchev–Trinajstić information content (AvgIpc) is 2.75. The molecule has 1 aromatic heterocycles. The van der Waals surface area contributed by atoms with Gasteiger partial charge < -0.3 is 9.26 Å². The number of benzene rings is 1. The minimum Gasteiger partial charge on any atom is -0.461 e. The third kappa shape index (κ3) is 2.70. The molecule has 0 bridgehead atoms. The Hall–Kier alpha value is -2.10. The molecule has 0 amide bonds. The maximum atomic E-state index is 10.00. The van der Waals surface area contributed by atoms with Gasteiger partial charge in [-0.05, 0) is 5.56 Å². The van der Waals surface area contributed by atoms with E-state index >= 15 is 0 Å². The van der Waals surface area contributed by atoms with Crippen LogP contribution < -0.4 is 0 Å². The van der Waals surface area contributed by atoms with Crippen LogP contribution in [0.4, 0.5) is 0 Å². The fraction of sp³-hybridized carbons (Fsp3) is 0.167. The smallest absolute Gasteiger partial charge is 0.293 e. The Labute approximate surface area is 92.8 Å². The highest BCUT2D eigenvalue weighted by molar-refractivity contribution is 5.37. The topological polar surface area (TPSA) is 52.3 Å². The van der Waals surface area contributed by atoms with E-state index in [1.165, 1.54) is 0 Å². The van der Waals surface area contributed by atoms with E-state index in [-0.39, 0.29) is 6.61 Å². The van der Waals surface area contributed by atoms with Gasteiger partial charge in [-0.1, -0.05) is 35.5 Å². The predicted molar refractivity (Wildman–Crippen MR) is 56.6 cm³/mol. The van der Waals surface area contributed by atoms with Crippen molar-refractivity contribution in [3.05, 3.63) is 53.4 Å². The summed E-state index contributed by atoms with van der Waals surface area (Å²) in [5.74, 6) is 0.760. The summed E-state index contributed by atoms with van der Waals surface area (Å²) < 4.78 is 9.70. The third-order valence-corrected chi connectivity index (χ3v) is 2.13. The molecular formula is C12H11NO3. The second-order valence-electron chi connectivity index (χ2n) is 3.35. The Balaban J connectivity index is 2.00. The molecular weight excluding hydrogens is 206 g/mol. The molecule has 0 fully saturated rings. The zero-order chi connectivity index (χ0) is 11.2. The van der Waals surface area contributed by atoms with Gasteiger partial charge in [-0.3, -0.25) is 4.79 Å². The van der Waals surface area contributed by atoms with Gasteiger partial charge in [-0.2, -0.15) is 0 Å². The van der Waals surface area contributed by atoms with E-state index in [0.717, 1.165) is 11.3 Å². The van der Waals surface area contributed by atoms with Crippen molar-refractivity contribution in [2.45, 2.75) is 13.0 Å². The summed E-state index contributed by atoms with van der Waals surface area (Å²) in [6, 6.07) is 11.7. The number of rotatable bonds is 5. The lowest BCUT2D eigenvalue weighted by Crippen LogP contribution is -1.89. The van der Waals surface area contributed by atoms with Crippen LogP contribution in [0, 0.1) is 0 Å². The van der Waals surface area contributed by atoms with Crippen molar-refractivity contribution in [1.82, 2.24) is 5.16 Å². The van der Waals surface area contributed by atoms with Crippen LogP contribution in [0.25, 0.3) is 0 Å². The molecule has 82 valence electrons. The van der Waals surface area contributed by atoms with Crippen LogP contribution >= 0.6 is 0 Å². The predicted octanol–water partition coefficient (Wildman–Crippen LogP) is 1.94. The van der Waals surface area contributed by atoms with Gasteiger partial charge in [0.25, 0.3) is 6.47 Å². The number of carbonyl (C=O) groups excluding carboxylic acids is 1. The van der Waals surface area contributed by atoms with Crippen molar-refractivity contribution in [2.75, 3.05) is 0 Å². The number of aromatic nitrogens is 1. The summed E-state index contributed by atoms with van der Waals surface area (Å²) in [6.45, 7) is 0.549. The summed E-state index contributed by atoms with van der Waals surface area (Å²) in [5, 5.41) is 3.79. The molecule has 2 rings (SSSR count). The molecule has 4 nitrogen and oxygen atoms in total. The van der Waals surface area contributed by atoms with Crippen LogP contribution in [0.1, 0.15) is 17.0 Å². The Morgan fingerprint density at radius 2 is 2.12 bits per heavy atom. The lowest BCUT2D eigenvalue weighted by Gasteiger charge is -1.94. The van der Waals surface area contributed by atoms with Gasteiger partial charge in [0.1, 0.15) is 18.1 Å². The van der Waals surface area contributed by atoms with Gasteiger partial charge in [0, 0.05) is 12.5 Å². The SMILES string of the molecule is O=COCc1cc(Cc2ccccc2)on1. The molecule has 2 aromatic rings. The van der Waals surface area contributed by atoms with Gasteiger partial charge in [0.05, 0.1) is 0 Å². The van der Waals surface area contributed by atoms with Crippen LogP contribution in [0.5, 0.6) is 0 Å². The highest BCUT2D eigenvalue weighted by Gasteiger charge is 2.04. The summed E-state index contributed by atoms with van der Waals surface area (Å²) in [6.07, 6.45) is 0.689. The van der Waals surface area contributed by atoms with E-state index in [1.807, 2.05) is 30.3 Å². The molecule has 0 spiro atoms. The van der Waals surface area contributed by atoms with E-state index < -0.39 is 0 Å². The summed E-state index contributed by atoms with van der Waals surface area (Å²) in [4.78, 5) is 10.00.